The molecule has 7 nitrogen and oxygen atoms in total. The number of hydrogen-bond donors (Lipinski definition) is 1. The lowest BCUT2D eigenvalue weighted by Gasteiger charge is -2.30. The number of rotatable bonds is 4. The van der Waals surface area contributed by atoms with E-state index in [-0.39, 0.29) is 17.4 Å². The number of carbonyl (C=O) groups is 1. The summed E-state index contributed by atoms with van der Waals surface area (Å²) in [4.78, 5) is 26.8. The van der Waals surface area contributed by atoms with Crippen LogP contribution in [0.2, 0.25) is 0 Å². The Balaban J connectivity index is 1.80. The highest BCUT2D eigenvalue weighted by atomic mass is 79.9. The van der Waals surface area contributed by atoms with Crippen molar-refractivity contribution in [1.82, 2.24) is 4.90 Å². The summed E-state index contributed by atoms with van der Waals surface area (Å²) in [6, 6.07) is 11.4. The second-order valence-electron chi connectivity index (χ2n) is 7.17. The number of likely N-dealkylation sites (N-methyl/N-ethyl adjacent to an activating group) is 1. The Labute approximate surface area is 176 Å². The van der Waals surface area contributed by atoms with Crippen LogP contribution in [0.4, 0.5) is 5.69 Å². The number of para-hydroxylation sites is 1. The molecule has 2 aliphatic rings. The van der Waals surface area contributed by atoms with Crippen molar-refractivity contribution in [3.8, 4) is 18.1 Å². The van der Waals surface area contributed by atoms with Crippen LogP contribution in [0.1, 0.15) is 17.0 Å². The maximum atomic E-state index is 13.1. The predicted octanol–water partition coefficient (Wildman–Crippen LogP) is 2.98. The van der Waals surface area contributed by atoms with Crippen LogP contribution in [-0.2, 0) is 10.3 Å². The molecule has 0 bridgehead atoms. The molecule has 0 radical (unpaired) electrons. The molecular weight excluding hydrogens is 438 g/mol. The quantitative estimate of drug-likeness (QED) is 0.435. The number of carbonyl (C=O) groups excluding carboxylic acids is 1. The highest BCUT2D eigenvalue weighted by Crippen LogP contribution is 2.52. The van der Waals surface area contributed by atoms with Gasteiger partial charge in [0.2, 0.25) is 0 Å². The smallest absolute Gasteiger partial charge is 0.256 e. The highest BCUT2D eigenvalue weighted by molar-refractivity contribution is 9.10. The first-order valence-electron chi connectivity index (χ1n) is 9.02. The van der Waals surface area contributed by atoms with Crippen LogP contribution < -0.4 is 10.1 Å². The van der Waals surface area contributed by atoms with E-state index >= 15 is 0 Å². The number of terminal acetylenes is 1. The van der Waals surface area contributed by atoms with Crippen molar-refractivity contribution in [2.45, 2.75) is 17.5 Å². The van der Waals surface area contributed by atoms with Crippen molar-refractivity contribution in [2.75, 3.05) is 25.5 Å². The van der Waals surface area contributed by atoms with Gasteiger partial charge in [0, 0.05) is 22.7 Å². The first-order valence-corrected chi connectivity index (χ1v) is 9.82. The van der Waals surface area contributed by atoms with Crippen LogP contribution in [0.25, 0.3) is 0 Å². The number of likely N-dealkylation sites (tertiary alicyclic amines) is 1. The van der Waals surface area contributed by atoms with Crippen molar-refractivity contribution >= 4 is 27.5 Å². The molecule has 0 unspecified atom stereocenters. The number of amides is 1. The Bertz CT molecular complexity index is 1050. The minimum absolute atomic E-state index is 0.127. The second kappa shape index (κ2) is 7.17. The minimum atomic E-state index is -1.35. The van der Waals surface area contributed by atoms with E-state index in [4.69, 9.17) is 11.2 Å². The Morgan fingerprint density at radius 3 is 2.86 bits per heavy atom. The average Bonchev–Trinajstić information content (AvgIpc) is 3.17. The van der Waals surface area contributed by atoms with Gasteiger partial charge in [-0.2, -0.15) is 0 Å². The average molecular weight is 456 g/mol. The maximum Gasteiger partial charge on any atom is 0.256 e. The van der Waals surface area contributed by atoms with Gasteiger partial charge in [0.25, 0.3) is 11.9 Å². The van der Waals surface area contributed by atoms with E-state index in [0.29, 0.717) is 28.0 Å². The Kier molecular flexibility index (Phi) is 4.81. The van der Waals surface area contributed by atoms with E-state index in [1.54, 1.807) is 54.4 Å². The van der Waals surface area contributed by atoms with E-state index < -0.39 is 17.5 Å². The predicted molar refractivity (Wildman–Crippen MR) is 111 cm³/mol. The molecule has 0 aliphatic carbocycles. The van der Waals surface area contributed by atoms with E-state index in [1.165, 1.54) is 0 Å². The lowest BCUT2D eigenvalue weighted by atomic mass is 9.79. The van der Waals surface area contributed by atoms with Crippen LogP contribution in [0.3, 0.4) is 0 Å². The first kappa shape index (κ1) is 19.4. The zero-order valence-corrected chi connectivity index (χ0v) is 17.2. The topological polar surface area (TPSA) is 84.7 Å². The van der Waals surface area contributed by atoms with E-state index in [1.807, 2.05) is 0 Å². The fraction of sp³-hybridized carbons (Fsp3) is 0.286. The van der Waals surface area contributed by atoms with Gasteiger partial charge < -0.3 is 10.1 Å². The Hall–Kier alpha value is -2.89. The number of benzene rings is 2. The molecule has 1 saturated heterocycles. The number of hydrogen-bond acceptors (Lipinski definition) is 5. The summed E-state index contributed by atoms with van der Waals surface area (Å²) in [5.41, 5.74) is 0.670. The summed E-state index contributed by atoms with van der Waals surface area (Å²) in [6.45, 7) is 0.492. The number of fused-ring (bicyclic) bond motifs is 2. The molecule has 3 atom stereocenters. The largest absolute Gasteiger partial charge is 0.480 e. The van der Waals surface area contributed by atoms with Gasteiger partial charge in [0.15, 0.2) is 5.54 Å². The summed E-state index contributed by atoms with van der Waals surface area (Å²) in [7, 11) is 1.76. The van der Waals surface area contributed by atoms with Gasteiger partial charge in [-0.25, -0.2) is 0 Å². The molecule has 2 heterocycles. The van der Waals surface area contributed by atoms with Gasteiger partial charge in [-0.3, -0.25) is 19.8 Å². The van der Waals surface area contributed by atoms with Gasteiger partial charge in [-0.1, -0.05) is 30.2 Å². The number of ether oxygens (including phenoxy) is 1. The highest BCUT2D eigenvalue weighted by Gasteiger charge is 2.68. The van der Waals surface area contributed by atoms with Crippen molar-refractivity contribution in [3.05, 3.63) is 68.2 Å². The third-order valence-electron chi connectivity index (χ3n) is 5.74. The molecule has 1 amide bonds. The molecule has 1 spiro atoms. The summed E-state index contributed by atoms with van der Waals surface area (Å²) < 4.78 is 6.12. The fourth-order valence-electron chi connectivity index (χ4n) is 4.56. The van der Waals surface area contributed by atoms with Crippen molar-refractivity contribution < 1.29 is 14.5 Å². The number of anilines is 1. The monoisotopic (exact) mass is 455 g/mol. The molecule has 1 N–H and O–H groups in total. The third-order valence-corrected chi connectivity index (χ3v) is 6.36. The SMILES string of the molecule is C#CCOc1ccc([C@@H]2CN(C)[C@]3(C(=O)Nc4ccccc43)[C@@H]2[N+](=O)[O-])cc1Br. The maximum absolute atomic E-state index is 13.1. The Morgan fingerprint density at radius 2 is 2.17 bits per heavy atom. The molecular formula is C21H18BrN3O4. The third kappa shape index (κ3) is 2.81. The number of nitrogens with zero attached hydrogens (tertiary/aromatic N) is 2. The molecule has 2 aromatic carbocycles. The fourth-order valence-corrected chi connectivity index (χ4v) is 5.08. The van der Waals surface area contributed by atoms with E-state index in [9.17, 15) is 14.9 Å². The van der Waals surface area contributed by atoms with E-state index in [0.717, 1.165) is 5.56 Å². The van der Waals surface area contributed by atoms with Crippen molar-refractivity contribution in [1.29, 1.82) is 0 Å². The van der Waals surface area contributed by atoms with Gasteiger partial charge >= 0.3 is 0 Å². The molecule has 8 heteroatoms. The second-order valence-corrected chi connectivity index (χ2v) is 8.02. The van der Waals surface area contributed by atoms with Gasteiger partial charge in [0.1, 0.15) is 12.4 Å². The molecule has 148 valence electrons. The van der Waals surface area contributed by atoms with Crippen LogP contribution in [0, 0.1) is 22.5 Å². The number of nitrogens with one attached hydrogen (secondary N) is 1. The van der Waals surface area contributed by atoms with Gasteiger partial charge in [-0.15, -0.1) is 6.42 Å². The van der Waals surface area contributed by atoms with Crippen molar-refractivity contribution in [2.24, 2.45) is 0 Å². The minimum Gasteiger partial charge on any atom is -0.480 e. The number of halogens is 1. The summed E-state index contributed by atoms with van der Waals surface area (Å²) >= 11 is 3.45. The van der Waals surface area contributed by atoms with Crippen molar-refractivity contribution in [3.63, 3.8) is 0 Å². The van der Waals surface area contributed by atoms with Gasteiger partial charge in [-0.05, 0) is 46.7 Å². The molecule has 29 heavy (non-hydrogen) atoms. The lowest BCUT2D eigenvalue weighted by molar-refractivity contribution is -0.534. The van der Waals surface area contributed by atoms with Crippen LogP contribution in [-0.4, -0.2) is 42.0 Å². The zero-order valence-electron chi connectivity index (χ0n) is 15.6. The molecule has 0 aromatic heterocycles. The standard InChI is InChI=1S/C21H18BrN3O4/c1-3-10-29-18-9-8-13(11-16(18)22)14-12-24(2)21(19(14)25(27)28)15-6-4-5-7-17(15)23-20(21)26/h1,4-9,11,14,19H,10,12H2,2H3,(H,23,26)/t14-,19+,21-/m0/s1. The van der Waals surface area contributed by atoms with E-state index in [2.05, 4.69) is 27.2 Å². The molecule has 4 rings (SSSR count). The normalized spacial score (nSPS) is 25.5. The summed E-state index contributed by atoms with van der Waals surface area (Å²) in [5.74, 6) is 2.12. The zero-order chi connectivity index (χ0) is 20.8. The van der Waals surface area contributed by atoms with Gasteiger partial charge in [0.05, 0.1) is 10.4 Å². The Morgan fingerprint density at radius 1 is 1.41 bits per heavy atom. The van der Waals surface area contributed by atoms with Crippen LogP contribution in [0.5, 0.6) is 5.75 Å². The summed E-state index contributed by atoms with van der Waals surface area (Å²) in [5, 5.41) is 15.1. The molecule has 0 saturated carbocycles. The molecule has 1 fully saturated rings. The van der Waals surface area contributed by atoms with Crippen LogP contribution in [0.15, 0.2) is 46.9 Å². The van der Waals surface area contributed by atoms with Crippen LogP contribution >= 0.6 is 15.9 Å². The molecule has 2 aromatic rings. The number of nitro groups is 1. The lowest BCUT2D eigenvalue weighted by Crippen LogP contribution is -2.54. The molecule has 2 aliphatic heterocycles. The first-order chi connectivity index (χ1) is 13.9. The summed E-state index contributed by atoms with van der Waals surface area (Å²) in [6.07, 6.45) is 5.23.